The second kappa shape index (κ2) is 9.23. The molecule has 0 aliphatic rings. The Morgan fingerprint density at radius 3 is 2.32 bits per heavy atom. The third-order valence-electron chi connectivity index (χ3n) is 3.75. The van der Waals surface area contributed by atoms with Gasteiger partial charge in [-0.2, -0.15) is 0 Å². The van der Waals surface area contributed by atoms with Crippen LogP contribution in [-0.2, 0) is 9.59 Å². The van der Waals surface area contributed by atoms with Crippen molar-refractivity contribution in [3.8, 4) is 0 Å². The molecule has 22 heavy (non-hydrogen) atoms. The molecule has 4 heteroatoms. The lowest BCUT2D eigenvalue weighted by Crippen LogP contribution is -2.36. The summed E-state index contributed by atoms with van der Waals surface area (Å²) in [5.41, 5.74) is 2.13. The summed E-state index contributed by atoms with van der Waals surface area (Å²) in [6.07, 6.45) is 2.38. The van der Waals surface area contributed by atoms with Crippen LogP contribution in [0.4, 0.5) is 0 Å². The average molecular weight is 304 g/mol. The van der Waals surface area contributed by atoms with Crippen LogP contribution in [0.2, 0.25) is 0 Å². The lowest BCUT2D eigenvalue weighted by atomic mass is 10.0. The Bertz CT molecular complexity index is 482. The van der Waals surface area contributed by atoms with E-state index >= 15 is 0 Å². The minimum atomic E-state index is -0.263. The molecule has 1 unspecified atom stereocenters. The molecule has 1 aromatic rings. The van der Waals surface area contributed by atoms with Crippen molar-refractivity contribution in [3.63, 3.8) is 0 Å². The molecule has 0 aromatic heterocycles. The smallest absolute Gasteiger partial charge is 0.224 e. The molecular formula is C18H28N2O2. The summed E-state index contributed by atoms with van der Waals surface area (Å²) in [6, 6.07) is 7.70. The van der Waals surface area contributed by atoms with Gasteiger partial charge in [-0.05, 0) is 25.8 Å². The molecule has 0 aliphatic carbocycles. The number of carbonyl (C=O) groups is 2. The van der Waals surface area contributed by atoms with Gasteiger partial charge >= 0.3 is 0 Å². The summed E-state index contributed by atoms with van der Waals surface area (Å²) in [4.78, 5) is 25.8. The van der Waals surface area contributed by atoms with Crippen molar-refractivity contribution in [2.45, 2.75) is 53.0 Å². The highest BCUT2D eigenvalue weighted by molar-refractivity contribution is 5.79. The average Bonchev–Trinajstić information content (AvgIpc) is 2.47. The number of hydrogen-bond donors (Lipinski definition) is 1. The van der Waals surface area contributed by atoms with Crippen molar-refractivity contribution < 1.29 is 9.59 Å². The molecule has 0 saturated carbocycles. The first-order chi connectivity index (χ1) is 10.5. The van der Waals surface area contributed by atoms with Crippen molar-refractivity contribution in [1.29, 1.82) is 0 Å². The van der Waals surface area contributed by atoms with Crippen LogP contribution in [0.3, 0.4) is 0 Å². The largest absolute Gasteiger partial charge is 0.349 e. The van der Waals surface area contributed by atoms with E-state index in [1.54, 1.807) is 0 Å². The Kier molecular flexibility index (Phi) is 7.64. The fourth-order valence-electron chi connectivity index (χ4n) is 2.41. The minimum Gasteiger partial charge on any atom is -0.349 e. The van der Waals surface area contributed by atoms with Gasteiger partial charge in [-0.15, -0.1) is 0 Å². The van der Waals surface area contributed by atoms with Crippen LogP contribution in [0.5, 0.6) is 0 Å². The molecule has 0 heterocycles. The van der Waals surface area contributed by atoms with Gasteiger partial charge in [-0.1, -0.05) is 43.2 Å². The van der Waals surface area contributed by atoms with Crippen LogP contribution in [0.15, 0.2) is 24.3 Å². The number of amides is 2. The Hall–Kier alpha value is -1.84. The summed E-state index contributed by atoms with van der Waals surface area (Å²) >= 11 is 0. The van der Waals surface area contributed by atoms with Crippen molar-refractivity contribution >= 4 is 11.8 Å². The van der Waals surface area contributed by atoms with Gasteiger partial charge in [0.1, 0.15) is 0 Å². The van der Waals surface area contributed by atoms with Gasteiger partial charge in [0, 0.05) is 20.0 Å². The molecule has 1 atom stereocenters. The third-order valence-corrected chi connectivity index (χ3v) is 3.75. The van der Waals surface area contributed by atoms with E-state index in [4.69, 9.17) is 0 Å². The molecule has 4 nitrogen and oxygen atoms in total. The normalized spacial score (nSPS) is 11.8. The first-order valence-electron chi connectivity index (χ1n) is 8.09. The zero-order valence-electron chi connectivity index (χ0n) is 14.2. The van der Waals surface area contributed by atoms with Crippen LogP contribution in [0.25, 0.3) is 0 Å². The number of aryl methyl sites for hydroxylation is 1. The topological polar surface area (TPSA) is 49.4 Å². The Morgan fingerprint density at radius 2 is 1.82 bits per heavy atom. The fraction of sp³-hybridized carbons (Fsp3) is 0.556. The van der Waals surface area contributed by atoms with Gasteiger partial charge < -0.3 is 10.2 Å². The number of unbranched alkanes of at least 4 members (excludes halogenated alkanes) is 1. The Balaban J connectivity index is 2.81. The summed E-state index contributed by atoms with van der Waals surface area (Å²) in [5, 5.41) is 2.90. The Labute approximate surface area is 133 Å². The first-order valence-corrected chi connectivity index (χ1v) is 8.09. The van der Waals surface area contributed by atoms with Gasteiger partial charge in [-0.3, -0.25) is 9.59 Å². The molecule has 1 aromatic carbocycles. The number of hydrogen-bond acceptors (Lipinski definition) is 2. The molecule has 1 N–H and O–H groups in total. The predicted molar refractivity (Wildman–Crippen MR) is 89.5 cm³/mol. The van der Waals surface area contributed by atoms with Crippen LogP contribution >= 0.6 is 0 Å². The zero-order chi connectivity index (χ0) is 16.5. The molecular weight excluding hydrogens is 276 g/mol. The second-order valence-electron chi connectivity index (χ2n) is 5.69. The third kappa shape index (κ3) is 5.88. The summed E-state index contributed by atoms with van der Waals surface area (Å²) < 4.78 is 0. The molecule has 0 aliphatic heterocycles. The standard InChI is InChI=1S/C18H28N2O2/c1-5-7-12-20(6-2)18(22)13-17(19-15(4)21)16-10-8-14(3)9-11-16/h8-11,17H,5-7,12-13H2,1-4H3,(H,19,21). The van der Waals surface area contributed by atoms with E-state index in [9.17, 15) is 9.59 Å². The Morgan fingerprint density at radius 1 is 1.18 bits per heavy atom. The predicted octanol–water partition coefficient (Wildman–Crippen LogP) is 3.21. The maximum atomic E-state index is 12.5. The van der Waals surface area contributed by atoms with Gasteiger partial charge in [0.25, 0.3) is 0 Å². The molecule has 2 amide bonds. The zero-order valence-corrected chi connectivity index (χ0v) is 14.2. The lowest BCUT2D eigenvalue weighted by Gasteiger charge is -2.24. The van der Waals surface area contributed by atoms with E-state index < -0.39 is 0 Å². The minimum absolute atomic E-state index is 0.0928. The van der Waals surface area contributed by atoms with E-state index in [1.165, 1.54) is 6.92 Å². The lowest BCUT2D eigenvalue weighted by molar-refractivity contribution is -0.132. The van der Waals surface area contributed by atoms with E-state index in [1.807, 2.05) is 43.0 Å². The number of carbonyl (C=O) groups excluding carboxylic acids is 2. The SMILES string of the molecule is CCCCN(CC)C(=O)CC(NC(C)=O)c1ccc(C)cc1. The molecule has 0 spiro atoms. The van der Waals surface area contributed by atoms with Crippen molar-refractivity contribution in [1.82, 2.24) is 10.2 Å². The van der Waals surface area contributed by atoms with Crippen molar-refractivity contribution in [3.05, 3.63) is 35.4 Å². The van der Waals surface area contributed by atoms with Crippen molar-refractivity contribution in [2.24, 2.45) is 0 Å². The molecule has 0 saturated heterocycles. The van der Waals surface area contributed by atoms with Crippen LogP contribution in [0.1, 0.15) is 57.2 Å². The summed E-state index contributed by atoms with van der Waals surface area (Å²) in [7, 11) is 0. The van der Waals surface area contributed by atoms with Crippen molar-refractivity contribution in [2.75, 3.05) is 13.1 Å². The number of nitrogens with one attached hydrogen (secondary N) is 1. The van der Waals surface area contributed by atoms with Gasteiger partial charge in [0.15, 0.2) is 0 Å². The summed E-state index contributed by atoms with van der Waals surface area (Å²) in [5.74, 6) is -0.0229. The summed E-state index contributed by atoms with van der Waals surface area (Å²) in [6.45, 7) is 9.11. The van der Waals surface area contributed by atoms with Crippen LogP contribution in [0, 0.1) is 6.92 Å². The number of nitrogens with zero attached hydrogens (tertiary/aromatic N) is 1. The highest BCUT2D eigenvalue weighted by Crippen LogP contribution is 2.19. The first kappa shape index (κ1) is 18.2. The maximum absolute atomic E-state index is 12.5. The number of rotatable bonds is 8. The van der Waals surface area contributed by atoms with Crippen LogP contribution in [-0.4, -0.2) is 29.8 Å². The monoisotopic (exact) mass is 304 g/mol. The quantitative estimate of drug-likeness (QED) is 0.801. The molecule has 0 fully saturated rings. The maximum Gasteiger partial charge on any atom is 0.224 e. The molecule has 0 bridgehead atoms. The fourth-order valence-corrected chi connectivity index (χ4v) is 2.41. The highest BCUT2D eigenvalue weighted by Gasteiger charge is 2.20. The highest BCUT2D eigenvalue weighted by atomic mass is 16.2. The molecule has 122 valence electrons. The van der Waals surface area contributed by atoms with E-state index in [2.05, 4.69) is 12.2 Å². The van der Waals surface area contributed by atoms with E-state index in [0.29, 0.717) is 13.0 Å². The van der Waals surface area contributed by atoms with Gasteiger partial charge in [0.2, 0.25) is 11.8 Å². The van der Waals surface area contributed by atoms with Gasteiger partial charge in [-0.25, -0.2) is 0 Å². The molecule has 0 radical (unpaired) electrons. The van der Waals surface area contributed by atoms with Crippen LogP contribution < -0.4 is 5.32 Å². The van der Waals surface area contributed by atoms with Gasteiger partial charge in [0.05, 0.1) is 12.5 Å². The number of benzene rings is 1. The van der Waals surface area contributed by atoms with E-state index in [-0.39, 0.29) is 17.9 Å². The second-order valence-corrected chi connectivity index (χ2v) is 5.69. The van der Waals surface area contributed by atoms with E-state index in [0.717, 1.165) is 30.5 Å². The molecule has 1 rings (SSSR count).